The van der Waals surface area contributed by atoms with E-state index in [-0.39, 0.29) is 6.10 Å². The molecule has 1 aliphatic rings. The number of ether oxygens (including phenoxy) is 2. The van der Waals surface area contributed by atoms with E-state index in [9.17, 15) is 0 Å². The Morgan fingerprint density at radius 1 is 1.21 bits per heavy atom. The summed E-state index contributed by atoms with van der Waals surface area (Å²) in [6.45, 7) is 3.15. The van der Waals surface area contributed by atoms with Crippen molar-refractivity contribution in [2.75, 3.05) is 26.3 Å². The molecule has 1 fully saturated rings. The van der Waals surface area contributed by atoms with Crippen molar-refractivity contribution in [2.45, 2.75) is 6.10 Å². The van der Waals surface area contributed by atoms with Gasteiger partial charge in [0.05, 0.1) is 6.61 Å². The number of hydrogen-bond acceptors (Lipinski definition) is 3. The van der Waals surface area contributed by atoms with Gasteiger partial charge in [0.15, 0.2) is 0 Å². The van der Waals surface area contributed by atoms with E-state index in [0.717, 1.165) is 29.9 Å². The number of rotatable bonds is 3. The van der Waals surface area contributed by atoms with Crippen molar-refractivity contribution in [3.63, 3.8) is 0 Å². The number of halogens is 1. The third-order valence-electron chi connectivity index (χ3n) is 3.21. The van der Waals surface area contributed by atoms with Gasteiger partial charge in [0, 0.05) is 17.6 Å². The third-order valence-corrected chi connectivity index (χ3v) is 3.71. The second-order valence-corrected chi connectivity index (χ2v) is 5.58. The molecular formula is C15H16BrNO2. The fourth-order valence-electron chi connectivity index (χ4n) is 2.20. The van der Waals surface area contributed by atoms with Crippen molar-refractivity contribution >= 4 is 26.7 Å². The molecule has 1 aliphatic heterocycles. The number of morpholine rings is 1. The van der Waals surface area contributed by atoms with Crippen LogP contribution in [-0.2, 0) is 4.74 Å². The van der Waals surface area contributed by atoms with Crippen molar-refractivity contribution in [1.29, 1.82) is 0 Å². The highest BCUT2D eigenvalue weighted by Gasteiger charge is 2.13. The smallest absolute Gasteiger partial charge is 0.120 e. The van der Waals surface area contributed by atoms with Crippen LogP contribution in [0, 0.1) is 0 Å². The van der Waals surface area contributed by atoms with Crippen LogP contribution in [-0.4, -0.2) is 32.4 Å². The first-order valence-electron chi connectivity index (χ1n) is 6.46. The summed E-state index contributed by atoms with van der Waals surface area (Å²) in [6.07, 6.45) is 0.148. The summed E-state index contributed by atoms with van der Waals surface area (Å²) in [6, 6.07) is 12.4. The van der Waals surface area contributed by atoms with Gasteiger partial charge in [0.25, 0.3) is 0 Å². The van der Waals surface area contributed by atoms with Crippen molar-refractivity contribution in [3.05, 3.63) is 40.9 Å². The Morgan fingerprint density at radius 2 is 2.05 bits per heavy atom. The number of fused-ring (bicyclic) bond motifs is 1. The van der Waals surface area contributed by atoms with E-state index in [0.29, 0.717) is 6.61 Å². The lowest BCUT2D eigenvalue weighted by molar-refractivity contribution is 0.000223. The highest BCUT2D eigenvalue weighted by atomic mass is 79.9. The number of benzene rings is 2. The fourth-order valence-corrected chi connectivity index (χ4v) is 2.58. The van der Waals surface area contributed by atoms with E-state index < -0.39 is 0 Å². The molecular weight excluding hydrogens is 306 g/mol. The van der Waals surface area contributed by atoms with Gasteiger partial charge in [0.1, 0.15) is 18.5 Å². The van der Waals surface area contributed by atoms with Gasteiger partial charge in [-0.1, -0.05) is 28.1 Å². The topological polar surface area (TPSA) is 30.5 Å². The third kappa shape index (κ3) is 3.26. The van der Waals surface area contributed by atoms with E-state index >= 15 is 0 Å². The molecule has 100 valence electrons. The van der Waals surface area contributed by atoms with E-state index in [1.54, 1.807) is 0 Å². The van der Waals surface area contributed by atoms with Crippen molar-refractivity contribution in [1.82, 2.24) is 5.32 Å². The zero-order valence-electron chi connectivity index (χ0n) is 10.6. The highest BCUT2D eigenvalue weighted by molar-refractivity contribution is 9.10. The Kier molecular flexibility index (Phi) is 4.01. The fraction of sp³-hybridized carbons (Fsp3) is 0.333. The average Bonchev–Trinajstić information content (AvgIpc) is 2.46. The molecule has 1 saturated heterocycles. The summed E-state index contributed by atoms with van der Waals surface area (Å²) >= 11 is 3.48. The molecule has 0 saturated carbocycles. The van der Waals surface area contributed by atoms with Crippen molar-refractivity contribution < 1.29 is 9.47 Å². The van der Waals surface area contributed by atoms with E-state index in [1.807, 2.05) is 12.1 Å². The van der Waals surface area contributed by atoms with Crippen LogP contribution in [0.4, 0.5) is 0 Å². The molecule has 2 aromatic rings. The highest BCUT2D eigenvalue weighted by Crippen LogP contribution is 2.24. The molecule has 0 aromatic heterocycles. The first-order chi connectivity index (χ1) is 9.31. The standard InChI is InChI=1S/C15H16BrNO2/c16-13-3-1-12-8-14(4-2-11(12)7-13)19-10-15-9-17-5-6-18-15/h1-4,7-8,15,17H,5-6,9-10H2. The molecule has 0 spiro atoms. The molecule has 0 amide bonds. The molecule has 19 heavy (non-hydrogen) atoms. The summed E-state index contributed by atoms with van der Waals surface area (Å²) in [4.78, 5) is 0. The first kappa shape index (κ1) is 12.9. The van der Waals surface area contributed by atoms with Crippen molar-refractivity contribution in [2.24, 2.45) is 0 Å². The van der Waals surface area contributed by atoms with Crippen LogP contribution < -0.4 is 10.1 Å². The lowest BCUT2D eigenvalue weighted by Crippen LogP contribution is -2.41. The Hall–Kier alpha value is -1.10. The van der Waals surface area contributed by atoms with Gasteiger partial charge in [0.2, 0.25) is 0 Å². The van der Waals surface area contributed by atoms with Gasteiger partial charge in [-0.05, 0) is 35.0 Å². The lowest BCUT2D eigenvalue weighted by Gasteiger charge is -2.23. The minimum absolute atomic E-state index is 0.148. The van der Waals surface area contributed by atoms with Crippen LogP contribution >= 0.6 is 15.9 Å². The van der Waals surface area contributed by atoms with Gasteiger partial charge >= 0.3 is 0 Å². The quantitative estimate of drug-likeness (QED) is 0.942. The minimum Gasteiger partial charge on any atom is -0.491 e. The summed E-state index contributed by atoms with van der Waals surface area (Å²) in [5.41, 5.74) is 0. The molecule has 3 rings (SSSR count). The summed E-state index contributed by atoms with van der Waals surface area (Å²) in [5.74, 6) is 0.893. The van der Waals surface area contributed by atoms with Gasteiger partial charge < -0.3 is 14.8 Å². The average molecular weight is 322 g/mol. The van der Waals surface area contributed by atoms with Crippen molar-refractivity contribution in [3.8, 4) is 5.75 Å². The van der Waals surface area contributed by atoms with Crippen LogP contribution in [0.5, 0.6) is 5.75 Å². The zero-order chi connectivity index (χ0) is 13.1. The number of hydrogen-bond donors (Lipinski definition) is 1. The Morgan fingerprint density at radius 3 is 2.89 bits per heavy atom. The molecule has 0 bridgehead atoms. The predicted molar refractivity (Wildman–Crippen MR) is 79.8 cm³/mol. The summed E-state index contributed by atoms with van der Waals surface area (Å²) in [5, 5.41) is 5.69. The summed E-state index contributed by atoms with van der Waals surface area (Å²) in [7, 11) is 0. The van der Waals surface area contributed by atoms with Crippen LogP contribution in [0.2, 0.25) is 0 Å². The maximum Gasteiger partial charge on any atom is 0.120 e. The molecule has 1 heterocycles. The molecule has 1 atom stereocenters. The molecule has 1 unspecified atom stereocenters. The van der Waals surface area contributed by atoms with Crippen LogP contribution in [0.15, 0.2) is 40.9 Å². The first-order valence-corrected chi connectivity index (χ1v) is 7.25. The lowest BCUT2D eigenvalue weighted by atomic mass is 10.1. The molecule has 1 N–H and O–H groups in total. The molecule has 0 radical (unpaired) electrons. The predicted octanol–water partition coefficient (Wildman–Crippen LogP) is 2.97. The number of nitrogens with one attached hydrogen (secondary N) is 1. The Bertz CT molecular complexity index is 567. The monoisotopic (exact) mass is 321 g/mol. The van der Waals surface area contributed by atoms with Crippen LogP contribution in [0.1, 0.15) is 0 Å². The summed E-state index contributed by atoms with van der Waals surface area (Å²) < 4.78 is 12.5. The van der Waals surface area contributed by atoms with Gasteiger partial charge in [-0.3, -0.25) is 0 Å². The maximum atomic E-state index is 5.81. The zero-order valence-corrected chi connectivity index (χ0v) is 12.2. The van der Waals surface area contributed by atoms with Crippen LogP contribution in [0.3, 0.4) is 0 Å². The Labute approximate surface area is 121 Å². The second kappa shape index (κ2) is 5.90. The van der Waals surface area contributed by atoms with E-state index in [2.05, 4.69) is 45.5 Å². The van der Waals surface area contributed by atoms with E-state index in [1.165, 1.54) is 10.8 Å². The molecule has 0 aliphatic carbocycles. The minimum atomic E-state index is 0.148. The second-order valence-electron chi connectivity index (χ2n) is 4.66. The maximum absolute atomic E-state index is 5.81. The molecule has 2 aromatic carbocycles. The molecule has 3 nitrogen and oxygen atoms in total. The van der Waals surface area contributed by atoms with E-state index in [4.69, 9.17) is 9.47 Å². The Balaban J connectivity index is 1.69. The largest absolute Gasteiger partial charge is 0.491 e. The van der Waals surface area contributed by atoms with Gasteiger partial charge in [-0.25, -0.2) is 0 Å². The van der Waals surface area contributed by atoms with Gasteiger partial charge in [-0.15, -0.1) is 0 Å². The van der Waals surface area contributed by atoms with Crippen LogP contribution in [0.25, 0.3) is 10.8 Å². The normalized spacial score (nSPS) is 19.5. The molecule has 4 heteroatoms. The SMILES string of the molecule is Brc1ccc2cc(OCC3CNCCO3)ccc2c1. The van der Waals surface area contributed by atoms with Gasteiger partial charge in [-0.2, -0.15) is 0 Å².